The SMILES string of the molecule is Cc1cc(C)c(NCC(N)CO)cc1C. The van der Waals surface area contributed by atoms with Crippen LogP contribution in [0.25, 0.3) is 0 Å². The first-order valence-electron chi connectivity index (χ1n) is 5.22. The van der Waals surface area contributed by atoms with Crippen LogP contribution in [0.3, 0.4) is 0 Å². The van der Waals surface area contributed by atoms with E-state index in [4.69, 9.17) is 10.8 Å². The van der Waals surface area contributed by atoms with Gasteiger partial charge in [0.15, 0.2) is 0 Å². The maximum Gasteiger partial charge on any atom is 0.0599 e. The smallest absolute Gasteiger partial charge is 0.0599 e. The molecule has 84 valence electrons. The molecule has 0 fully saturated rings. The van der Waals surface area contributed by atoms with Crippen molar-refractivity contribution in [1.29, 1.82) is 0 Å². The van der Waals surface area contributed by atoms with Crippen LogP contribution in [0.2, 0.25) is 0 Å². The fourth-order valence-corrected chi connectivity index (χ4v) is 1.46. The van der Waals surface area contributed by atoms with Crippen LogP contribution in [-0.2, 0) is 0 Å². The standard InChI is InChI=1S/C12H20N2O/c1-8-4-10(3)12(5-9(8)2)14-6-11(13)7-15/h4-5,11,14-15H,6-7,13H2,1-3H3. The summed E-state index contributed by atoms with van der Waals surface area (Å²) in [7, 11) is 0. The summed E-state index contributed by atoms with van der Waals surface area (Å²) in [6.07, 6.45) is 0. The Labute approximate surface area is 91.3 Å². The zero-order valence-electron chi connectivity index (χ0n) is 9.67. The summed E-state index contributed by atoms with van der Waals surface area (Å²) < 4.78 is 0. The normalized spacial score (nSPS) is 12.6. The minimum absolute atomic E-state index is 0.0108. The number of nitrogens with one attached hydrogen (secondary N) is 1. The molecule has 0 heterocycles. The molecule has 0 aromatic heterocycles. The molecule has 0 aliphatic carbocycles. The van der Waals surface area contributed by atoms with Gasteiger partial charge in [-0.15, -0.1) is 0 Å². The monoisotopic (exact) mass is 208 g/mol. The number of aliphatic hydroxyl groups excluding tert-OH is 1. The van der Waals surface area contributed by atoms with Gasteiger partial charge >= 0.3 is 0 Å². The van der Waals surface area contributed by atoms with Gasteiger partial charge < -0.3 is 16.2 Å². The van der Waals surface area contributed by atoms with E-state index >= 15 is 0 Å². The molecule has 1 aromatic rings. The van der Waals surface area contributed by atoms with E-state index < -0.39 is 0 Å². The van der Waals surface area contributed by atoms with Gasteiger partial charge in [0.1, 0.15) is 0 Å². The van der Waals surface area contributed by atoms with Crippen LogP contribution >= 0.6 is 0 Å². The van der Waals surface area contributed by atoms with Gasteiger partial charge in [-0.25, -0.2) is 0 Å². The first-order valence-corrected chi connectivity index (χ1v) is 5.22. The Balaban J connectivity index is 2.73. The number of benzene rings is 1. The number of anilines is 1. The second kappa shape index (κ2) is 5.14. The van der Waals surface area contributed by atoms with Crippen molar-refractivity contribution >= 4 is 5.69 Å². The van der Waals surface area contributed by atoms with Crippen LogP contribution in [0.15, 0.2) is 12.1 Å². The third-order valence-electron chi connectivity index (χ3n) is 2.63. The molecule has 0 aliphatic heterocycles. The van der Waals surface area contributed by atoms with Gasteiger partial charge in [0.25, 0.3) is 0 Å². The Kier molecular flexibility index (Phi) is 4.12. The minimum atomic E-state index is -0.203. The highest BCUT2D eigenvalue weighted by Crippen LogP contribution is 2.19. The third kappa shape index (κ3) is 3.22. The predicted molar refractivity (Wildman–Crippen MR) is 64.2 cm³/mol. The highest BCUT2D eigenvalue weighted by molar-refractivity contribution is 5.54. The first-order chi connectivity index (χ1) is 7.04. The van der Waals surface area contributed by atoms with E-state index in [0.29, 0.717) is 6.54 Å². The maximum absolute atomic E-state index is 8.82. The summed E-state index contributed by atoms with van der Waals surface area (Å²) in [6, 6.07) is 4.07. The first kappa shape index (κ1) is 12.0. The van der Waals surface area contributed by atoms with Crippen LogP contribution < -0.4 is 11.1 Å². The highest BCUT2D eigenvalue weighted by Gasteiger charge is 2.03. The van der Waals surface area contributed by atoms with Crippen molar-refractivity contribution in [3.8, 4) is 0 Å². The molecular weight excluding hydrogens is 188 g/mol. The Bertz CT molecular complexity index is 337. The summed E-state index contributed by atoms with van der Waals surface area (Å²) in [5.41, 5.74) is 10.5. The lowest BCUT2D eigenvalue weighted by Gasteiger charge is -2.14. The molecule has 1 aromatic carbocycles. The summed E-state index contributed by atoms with van der Waals surface area (Å²) in [4.78, 5) is 0. The van der Waals surface area contributed by atoms with Crippen molar-refractivity contribution in [2.24, 2.45) is 5.73 Å². The summed E-state index contributed by atoms with van der Waals surface area (Å²) in [5.74, 6) is 0. The molecule has 1 unspecified atom stereocenters. The van der Waals surface area contributed by atoms with Gasteiger partial charge in [-0.3, -0.25) is 0 Å². The van der Waals surface area contributed by atoms with E-state index in [2.05, 4.69) is 38.2 Å². The summed E-state index contributed by atoms with van der Waals surface area (Å²) in [5, 5.41) is 12.1. The van der Waals surface area contributed by atoms with Crippen molar-refractivity contribution in [2.45, 2.75) is 26.8 Å². The lowest BCUT2D eigenvalue weighted by molar-refractivity contribution is 0.270. The lowest BCUT2D eigenvalue weighted by Crippen LogP contribution is -2.32. The number of hydrogen-bond donors (Lipinski definition) is 3. The van der Waals surface area contributed by atoms with Gasteiger partial charge in [0.05, 0.1) is 6.61 Å². The number of rotatable bonds is 4. The van der Waals surface area contributed by atoms with Crippen LogP contribution in [0, 0.1) is 20.8 Å². The average Bonchev–Trinajstić information content (AvgIpc) is 2.21. The van der Waals surface area contributed by atoms with Crippen LogP contribution in [-0.4, -0.2) is 24.3 Å². The van der Waals surface area contributed by atoms with Gasteiger partial charge in [0.2, 0.25) is 0 Å². The number of aryl methyl sites for hydroxylation is 3. The fourth-order valence-electron chi connectivity index (χ4n) is 1.46. The molecule has 0 saturated carbocycles. The van der Waals surface area contributed by atoms with E-state index in [1.165, 1.54) is 16.7 Å². The van der Waals surface area contributed by atoms with Gasteiger partial charge in [0, 0.05) is 18.3 Å². The average molecular weight is 208 g/mol. The largest absolute Gasteiger partial charge is 0.395 e. The van der Waals surface area contributed by atoms with E-state index in [9.17, 15) is 0 Å². The molecule has 0 saturated heterocycles. The van der Waals surface area contributed by atoms with Crippen molar-refractivity contribution in [3.05, 3.63) is 28.8 Å². The van der Waals surface area contributed by atoms with Crippen molar-refractivity contribution in [2.75, 3.05) is 18.5 Å². The molecule has 0 spiro atoms. The van der Waals surface area contributed by atoms with E-state index in [-0.39, 0.29) is 12.6 Å². The Morgan fingerprint density at radius 3 is 2.40 bits per heavy atom. The number of nitrogens with two attached hydrogens (primary N) is 1. The quantitative estimate of drug-likeness (QED) is 0.700. The Hall–Kier alpha value is -1.06. The van der Waals surface area contributed by atoms with Crippen LogP contribution in [0.4, 0.5) is 5.69 Å². The second-order valence-electron chi connectivity index (χ2n) is 4.07. The zero-order valence-corrected chi connectivity index (χ0v) is 9.67. The Morgan fingerprint density at radius 2 is 1.80 bits per heavy atom. The number of hydrogen-bond acceptors (Lipinski definition) is 3. The fraction of sp³-hybridized carbons (Fsp3) is 0.500. The van der Waals surface area contributed by atoms with Crippen LogP contribution in [0.5, 0.6) is 0 Å². The van der Waals surface area contributed by atoms with Gasteiger partial charge in [-0.2, -0.15) is 0 Å². The predicted octanol–water partition coefficient (Wildman–Crippen LogP) is 1.34. The van der Waals surface area contributed by atoms with Crippen LogP contribution in [0.1, 0.15) is 16.7 Å². The maximum atomic E-state index is 8.82. The zero-order chi connectivity index (χ0) is 11.4. The number of aliphatic hydroxyl groups is 1. The molecule has 3 heteroatoms. The molecule has 0 aliphatic rings. The third-order valence-corrected chi connectivity index (χ3v) is 2.63. The molecule has 4 N–H and O–H groups in total. The molecular formula is C12H20N2O. The second-order valence-corrected chi connectivity index (χ2v) is 4.07. The molecule has 0 radical (unpaired) electrons. The van der Waals surface area contributed by atoms with E-state index in [1.807, 2.05) is 0 Å². The van der Waals surface area contributed by atoms with E-state index in [0.717, 1.165) is 5.69 Å². The molecule has 3 nitrogen and oxygen atoms in total. The summed E-state index contributed by atoms with van der Waals surface area (Å²) in [6.45, 7) is 6.87. The molecule has 1 rings (SSSR count). The topological polar surface area (TPSA) is 58.3 Å². The minimum Gasteiger partial charge on any atom is -0.395 e. The van der Waals surface area contributed by atoms with Crippen molar-refractivity contribution < 1.29 is 5.11 Å². The summed E-state index contributed by atoms with van der Waals surface area (Å²) >= 11 is 0. The lowest BCUT2D eigenvalue weighted by atomic mass is 10.0. The highest BCUT2D eigenvalue weighted by atomic mass is 16.3. The molecule has 0 bridgehead atoms. The molecule has 1 atom stereocenters. The van der Waals surface area contributed by atoms with Crippen molar-refractivity contribution in [1.82, 2.24) is 0 Å². The molecule has 15 heavy (non-hydrogen) atoms. The van der Waals surface area contributed by atoms with Gasteiger partial charge in [-0.05, 0) is 43.5 Å². The molecule has 0 amide bonds. The Morgan fingerprint density at radius 1 is 1.20 bits per heavy atom. The van der Waals surface area contributed by atoms with Crippen molar-refractivity contribution in [3.63, 3.8) is 0 Å². The van der Waals surface area contributed by atoms with Gasteiger partial charge in [-0.1, -0.05) is 6.07 Å². The van der Waals surface area contributed by atoms with E-state index in [1.54, 1.807) is 0 Å².